The van der Waals surface area contributed by atoms with Crippen LogP contribution in [0.5, 0.6) is 11.5 Å². The van der Waals surface area contributed by atoms with Crippen LogP contribution in [-0.2, 0) is 24.0 Å². The van der Waals surface area contributed by atoms with E-state index in [2.05, 4.69) is 0 Å². The van der Waals surface area contributed by atoms with Crippen molar-refractivity contribution in [3.05, 3.63) is 35.4 Å². The van der Waals surface area contributed by atoms with Gasteiger partial charge in [0.05, 0.1) is 18.9 Å². The molecule has 2 aliphatic carbocycles. The highest BCUT2D eigenvalue weighted by Crippen LogP contribution is 2.66. The van der Waals surface area contributed by atoms with E-state index >= 15 is 0 Å². The molecule has 4 amide bonds. The summed E-state index contributed by atoms with van der Waals surface area (Å²) in [6.07, 6.45) is 1.69. The van der Waals surface area contributed by atoms with Crippen molar-refractivity contribution in [2.75, 3.05) is 20.7 Å². The van der Waals surface area contributed by atoms with Gasteiger partial charge in [0.1, 0.15) is 0 Å². The number of fused-ring (bicyclic) bond motifs is 4. The van der Waals surface area contributed by atoms with Crippen molar-refractivity contribution >= 4 is 52.8 Å². The second-order valence-corrected chi connectivity index (χ2v) is 11.5. The number of aromatic hydroxyl groups is 1. The number of hydrogen-bond donors (Lipinski definition) is 2. The number of carbonyl (C=O) groups is 5. The van der Waals surface area contributed by atoms with Gasteiger partial charge in [0, 0.05) is 31.5 Å². The van der Waals surface area contributed by atoms with Crippen molar-refractivity contribution in [3.63, 3.8) is 0 Å². The zero-order valence-electron chi connectivity index (χ0n) is 20.6. The maximum absolute atomic E-state index is 13.6. The van der Waals surface area contributed by atoms with Crippen molar-refractivity contribution in [2.45, 2.75) is 41.3 Å². The van der Waals surface area contributed by atoms with Gasteiger partial charge in [-0.05, 0) is 31.2 Å². The second-order valence-electron chi connectivity index (χ2n) is 10.2. The molecular formula is C26H26Cl2N2O8. The number of aliphatic carboxylic acids is 1. The summed E-state index contributed by atoms with van der Waals surface area (Å²) in [7, 11) is 2.66. The molecule has 3 fully saturated rings. The van der Waals surface area contributed by atoms with Gasteiger partial charge < -0.3 is 14.9 Å². The first-order valence-corrected chi connectivity index (χ1v) is 13.0. The van der Waals surface area contributed by atoms with Gasteiger partial charge in [-0.1, -0.05) is 23.8 Å². The van der Waals surface area contributed by atoms with Crippen LogP contribution in [0.3, 0.4) is 0 Å². The molecular weight excluding hydrogens is 539 g/mol. The lowest BCUT2D eigenvalue weighted by Gasteiger charge is -2.50. The molecule has 2 heterocycles. The van der Waals surface area contributed by atoms with Crippen LogP contribution in [-0.4, -0.2) is 80.1 Å². The number of amides is 4. The summed E-state index contributed by atoms with van der Waals surface area (Å²) in [5.74, 6) is -6.90. The SMILES string of the molecule is COc1cccc([C@H]2C3=CC[C@@H]4C(=O)N(CCCC(=O)O)C(=O)[C@@H]4[C@@H]3C[C@@]3(Cl)C(=O)N(C)C(=O)[C@@]23Cl)c1O. The van der Waals surface area contributed by atoms with E-state index in [9.17, 15) is 29.1 Å². The van der Waals surface area contributed by atoms with Gasteiger partial charge in [0.25, 0.3) is 11.8 Å². The fourth-order valence-corrected chi connectivity index (χ4v) is 7.71. The van der Waals surface area contributed by atoms with Crippen LogP contribution in [0, 0.1) is 17.8 Å². The van der Waals surface area contributed by atoms with Crippen molar-refractivity contribution in [1.82, 2.24) is 9.80 Å². The van der Waals surface area contributed by atoms with E-state index in [0.29, 0.717) is 5.57 Å². The molecule has 1 aromatic carbocycles. The molecule has 4 aliphatic rings. The molecule has 5 rings (SSSR count). The van der Waals surface area contributed by atoms with E-state index in [0.717, 1.165) is 9.80 Å². The summed E-state index contributed by atoms with van der Waals surface area (Å²) in [6.45, 7) is -0.0370. The number of hydrogen-bond acceptors (Lipinski definition) is 7. The van der Waals surface area contributed by atoms with Gasteiger partial charge in [-0.3, -0.25) is 33.8 Å². The minimum Gasteiger partial charge on any atom is -0.504 e. The molecule has 2 aliphatic heterocycles. The average Bonchev–Trinajstić information content (AvgIpc) is 3.19. The number of nitrogens with zero attached hydrogens (tertiary/aromatic N) is 2. The summed E-state index contributed by atoms with van der Waals surface area (Å²) in [6, 6.07) is 4.70. The Balaban J connectivity index is 1.64. The zero-order valence-corrected chi connectivity index (χ0v) is 22.2. The molecule has 2 saturated heterocycles. The third-order valence-electron chi connectivity index (χ3n) is 8.44. The van der Waals surface area contributed by atoms with Gasteiger partial charge in [-0.2, -0.15) is 0 Å². The Morgan fingerprint density at radius 1 is 1.13 bits per heavy atom. The molecule has 202 valence electrons. The largest absolute Gasteiger partial charge is 0.504 e. The van der Waals surface area contributed by atoms with Crippen molar-refractivity contribution in [1.29, 1.82) is 0 Å². The summed E-state index contributed by atoms with van der Waals surface area (Å²) < 4.78 is 5.26. The summed E-state index contributed by atoms with van der Waals surface area (Å²) in [4.78, 5) is 62.7. The van der Waals surface area contributed by atoms with Crippen LogP contribution in [0.25, 0.3) is 0 Å². The van der Waals surface area contributed by atoms with Crippen molar-refractivity contribution in [2.24, 2.45) is 17.8 Å². The number of phenolic OH excluding ortho intramolecular Hbond substituents is 1. The van der Waals surface area contributed by atoms with Crippen molar-refractivity contribution in [3.8, 4) is 11.5 Å². The Kier molecular flexibility index (Phi) is 6.26. The first-order valence-electron chi connectivity index (χ1n) is 12.2. The molecule has 2 N–H and O–H groups in total. The van der Waals surface area contributed by atoms with Crippen LogP contribution in [0.4, 0.5) is 0 Å². The number of likely N-dealkylation sites (tertiary alicyclic amines) is 2. The number of allylic oxidation sites excluding steroid dienone is 2. The standard InChI is InChI=1S/C26H26Cl2N2O8/c1-29-23(36)25(27)11-15-12(8-9-13-18(15)22(35)30(21(13)34)10-4-7-17(31)32)19(26(25,28)24(29)37)14-5-3-6-16(38-2)20(14)33/h3,5-6,8,13,15,18-19,33H,4,7,9-11H2,1-2H3,(H,31,32)/t13-,15+,18-,19+,25+,26-/m0/s1. The number of carboxylic acid groups (broad SMARTS) is 1. The van der Waals surface area contributed by atoms with Gasteiger partial charge in [0.15, 0.2) is 21.2 Å². The highest BCUT2D eigenvalue weighted by molar-refractivity contribution is 6.53. The Morgan fingerprint density at radius 2 is 1.84 bits per heavy atom. The first-order chi connectivity index (χ1) is 17.9. The highest BCUT2D eigenvalue weighted by Gasteiger charge is 2.76. The lowest BCUT2D eigenvalue weighted by molar-refractivity contribution is -0.142. The Labute approximate surface area is 228 Å². The van der Waals surface area contributed by atoms with Gasteiger partial charge in [-0.25, -0.2) is 0 Å². The number of imide groups is 2. The van der Waals surface area contributed by atoms with Crippen LogP contribution >= 0.6 is 23.2 Å². The maximum atomic E-state index is 13.6. The zero-order chi connectivity index (χ0) is 27.7. The number of carboxylic acids is 1. The monoisotopic (exact) mass is 564 g/mol. The number of ether oxygens (including phenoxy) is 1. The van der Waals surface area contributed by atoms with Crippen molar-refractivity contribution < 1.29 is 38.9 Å². The molecule has 0 aromatic heterocycles. The molecule has 10 nitrogen and oxygen atoms in total. The van der Waals surface area contributed by atoms with Crippen LogP contribution in [0.15, 0.2) is 29.8 Å². The number of alkyl halides is 2. The first kappa shape index (κ1) is 26.5. The van der Waals surface area contributed by atoms with E-state index in [1.54, 1.807) is 18.2 Å². The van der Waals surface area contributed by atoms with E-state index in [1.165, 1.54) is 20.2 Å². The second kappa shape index (κ2) is 8.98. The van der Waals surface area contributed by atoms with Gasteiger partial charge >= 0.3 is 5.97 Å². The van der Waals surface area contributed by atoms with E-state index in [-0.39, 0.29) is 49.3 Å². The van der Waals surface area contributed by atoms with E-state index < -0.39 is 63.0 Å². The Morgan fingerprint density at radius 3 is 2.50 bits per heavy atom. The van der Waals surface area contributed by atoms with Crippen LogP contribution < -0.4 is 4.74 Å². The Hall–Kier alpha value is -3.11. The van der Waals surface area contributed by atoms with Gasteiger partial charge in [-0.15, -0.1) is 23.2 Å². The van der Waals surface area contributed by atoms with E-state index in [4.69, 9.17) is 33.0 Å². The lowest BCUT2D eigenvalue weighted by atomic mass is 9.56. The van der Waals surface area contributed by atoms with Gasteiger partial charge in [0.2, 0.25) is 11.8 Å². The molecule has 6 atom stereocenters. The molecule has 0 bridgehead atoms. The number of rotatable bonds is 6. The fourth-order valence-electron chi connectivity index (χ4n) is 6.70. The highest BCUT2D eigenvalue weighted by atomic mass is 35.5. The van der Waals surface area contributed by atoms with E-state index in [1.807, 2.05) is 0 Å². The molecule has 1 aromatic rings. The topological polar surface area (TPSA) is 142 Å². The number of carbonyl (C=O) groups excluding carboxylic acids is 4. The fraction of sp³-hybridized carbons (Fsp3) is 0.500. The average molecular weight is 565 g/mol. The molecule has 38 heavy (non-hydrogen) atoms. The summed E-state index contributed by atoms with van der Waals surface area (Å²) in [5, 5.41) is 20.1. The predicted octanol–water partition coefficient (Wildman–Crippen LogP) is 2.25. The normalized spacial score (nSPS) is 34.2. The quantitative estimate of drug-likeness (QED) is 0.304. The number of methoxy groups -OCH3 is 1. The third-order valence-corrected chi connectivity index (χ3v) is 9.85. The number of benzene rings is 1. The van der Waals surface area contributed by atoms with Crippen LogP contribution in [0.2, 0.25) is 0 Å². The number of phenols is 1. The molecule has 0 radical (unpaired) electrons. The minimum atomic E-state index is -2.01. The minimum absolute atomic E-state index is 0.0370. The maximum Gasteiger partial charge on any atom is 0.303 e. The third kappa shape index (κ3) is 3.35. The molecule has 0 unspecified atom stereocenters. The number of para-hydroxylation sites is 1. The predicted molar refractivity (Wildman–Crippen MR) is 134 cm³/mol. The Bertz CT molecular complexity index is 1310. The summed E-state index contributed by atoms with van der Waals surface area (Å²) in [5.41, 5.74) is 0.761. The molecule has 0 spiro atoms. The van der Waals surface area contributed by atoms with Crippen LogP contribution in [0.1, 0.15) is 37.2 Å². The smallest absolute Gasteiger partial charge is 0.303 e. The molecule has 1 saturated carbocycles. The summed E-state index contributed by atoms with van der Waals surface area (Å²) >= 11 is 14.1. The number of halogens is 2. The lowest BCUT2D eigenvalue weighted by Crippen LogP contribution is -2.60. The molecule has 12 heteroatoms.